The van der Waals surface area contributed by atoms with Gasteiger partial charge in [-0.05, 0) is 62.1 Å². The van der Waals surface area contributed by atoms with Crippen LogP contribution in [0.1, 0.15) is 59.7 Å². The van der Waals surface area contributed by atoms with Crippen LogP contribution in [-0.2, 0) is 12.7 Å². The van der Waals surface area contributed by atoms with E-state index in [0.717, 1.165) is 30.5 Å². The van der Waals surface area contributed by atoms with Crippen LogP contribution in [0.25, 0.3) is 0 Å². The number of likely N-dealkylation sites (tertiary alicyclic amines) is 1. The first-order valence-corrected chi connectivity index (χ1v) is 10.7. The molecule has 1 fully saturated rings. The molecule has 2 aromatic rings. The van der Waals surface area contributed by atoms with Crippen molar-refractivity contribution in [2.75, 3.05) is 13.1 Å². The van der Waals surface area contributed by atoms with Gasteiger partial charge in [0.2, 0.25) is 0 Å². The molecule has 3 rings (SSSR count). The quantitative estimate of drug-likeness (QED) is 0.683. The predicted molar refractivity (Wildman–Crippen MR) is 116 cm³/mol. The van der Waals surface area contributed by atoms with Gasteiger partial charge < -0.3 is 15.5 Å². The van der Waals surface area contributed by atoms with Gasteiger partial charge in [0.15, 0.2) is 0 Å². The third-order valence-electron chi connectivity index (χ3n) is 5.48. The van der Waals surface area contributed by atoms with Crippen molar-refractivity contribution in [3.63, 3.8) is 0 Å². The number of benzene rings is 2. The highest BCUT2D eigenvalue weighted by molar-refractivity contribution is 5.94. The number of amides is 3. The second-order valence-corrected chi connectivity index (χ2v) is 8.39. The number of rotatable bonds is 5. The maximum Gasteiger partial charge on any atom is 0.416 e. The van der Waals surface area contributed by atoms with Crippen molar-refractivity contribution in [2.45, 2.75) is 51.4 Å². The van der Waals surface area contributed by atoms with Gasteiger partial charge in [0, 0.05) is 37.2 Å². The number of alkyl halides is 3. The Kier molecular flexibility index (Phi) is 7.43. The summed E-state index contributed by atoms with van der Waals surface area (Å²) >= 11 is 0. The van der Waals surface area contributed by atoms with Crippen LogP contribution in [0, 0.1) is 0 Å². The van der Waals surface area contributed by atoms with Crippen LogP contribution < -0.4 is 10.6 Å². The van der Waals surface area contributed by atoms with Crippen molar-refractivity contribution in [3.05, 3.63) is 70.8 Å². The van der Waals surface area contributed by atoms with Crippen molar-refractivity contribution in [1.29, 1.82) is 0 Å². The summed E-state index contributed by atoms with van der Waals surface area (Å²) in [5, 5.41) is 5.68. The largest absolute Gasteiger partial charge is 0.416 e. The molecule has 0 spiro atoms. The SMILES string of the molecule is CC(C)NC(=O)N1CCCC(c2cccc(C(=O)NCc3ccc(C(F)(F)F)cc3)c2)C1. The molecule has 1 aliphatic heterocycles. The Morgan fingerprint density at radius 3 is 2.50 bits per heavy atom. The summed E-state index contributed by atoms with van der Waals surface area (Å²) in [5.74, 6) is -0.152. The van der Waals surface area contributed by atoms with E-state index in [2.05, 4.69) is 10.6 Å². The lowest BCUT2D eigenvalue weighted by Gasteiger charge is -2.33. The lowest BCUT2D eigenvalue weighted by molar-refractivity contribution is -0.137. The summed E-state index contributed by atoms with van der Waals surface area (Å²) in [4.78, 5) is 26.8. The molecule has 172 valence electrons. The van der Waals surface area contributed by atoms with Crippen LogP contribution >= 0.6 is 0 Å². The third kappa shape index (κ3) is 6.24. The summed E-state index contributed by atoms with van der Waals surface area (Å²) in [5.41, 5.74) is 1.35. The normalized spacial score (nSPS) is 16.7. The fourth-order valence-corrected chi connectivity index (χ4v) is 3.80. The number of nitrogens with zero attached hydrogens (tertiary/aromatic N) is 1. The molecule has 8 heteroatoms. The zero-order valence-corrected chi connectivity index (χ0v) is 18.2. The molecular weight excluding hydrogens is 419 g/mol. The summed E-state index contributed by atoms with van der Waals surface area (Å²) in [6, 6.07) is 12.0. The van der Waals surface area contributed by atoms with Crippen molar-refractivity contribution >= 4 is 11.9 Å². The van der Waals surface area contributed by atoms with Crippen molar-refractivity contribution in [2.24, 2.45) is 0 Å². The molecule has 0 radical (unpaired) electrons. The molecule has 32 heavy (non-hydrogen) atoms. The van der Waals surface area contributed by atoms with Crippen molar-refractivity contribution < 1.29 is 22.8 Å². The van der Waals surface area contributed by atoms with Crippen LogP contribution in [0.2, 0.25) is 0 Å². The van der Waals surface area contributed by atoms with E-state index in [4.69, 9.17) is 0 Å². The number of carbonyl (C=O) groups is 2. The lowest BCUT2D eigenvalue weighted by Crippen LogP contribution is -2.47. The van der Waals surface area contributed by atoms with Crippen molar-refractivity contribution in [1.82, 2.24) is 15.5 Å². The first-order valence-electron chi connectivity index (χ1n) is 10.7. The van der Waals surface area contributed by atoms with E-state index >= 15 is 0 Å². The van der Waals surface area contributed by atoms with Gasteiger partial charge in [0.05, 0.1) is 5.56 Å². The molecule has 1 saturated heterocycles. The zero-order chi connectivity index (χ0) is 23.3. The van der Waals surface area contributed by atoms with Gasteiger partial charge in [-0.2, -0.15) is 13.2 Å². The highest BCUT2D eigenvalue weighted by Crippen LogP contribution is 2.29. The Morgan fingerprint density at radius 1 is 1.12 bits per heavy atom. The monoisotopic (exact) mass is 447 g/mol. The van der Waals surface area contributed by atoms with E-state index in [9.17, 15) is 22.8 Å². The molecule has 2 N–H and O–H groups in total. The second kappa shape index (κ2) is 10.1. The summed E-state index contributed by atoms with van der Waals surface area (Å²) < 4.78 is 38.0. The molecule has 3 amide bonds. The number of piperidine rings is 1. The van der Waals surface area contributed by atoms with E-state index < -0.39 is 11.7 Å². The average molecular weight is 448 g/mol. The van der Waals surface area contributed by atoms with E-state index in [1.807, 2.05) is 36.9 Å². The highest BCUT2D eigenvalue weighted by atomic mass is 19.4. The second-order valence-electron chi connectivity index (χ2n) is 8.39. The first kappa shape index (κ1) is 23.6. The van der Waals surface area contributed by atoms with Gasteiger partial charge in [-0.1, -0.05) is 24.3 Å². The number of urea groups is 1. The number of halogens is 3. The minimum atomic E-state index is -4.38. The zero-order valence-electron chi connectivity index (χ0n) is 18.2. The number of nitrogens with one attached hydrogen (secondary N) is 2. The molecule has 0 aliphatic carbocycles. The minimum Gasteiger partial charge on any atom is -0.348 e. The van der Waals surface area contributed by atoms with Gasteiger partial charge in [-0.3, -0.25) is 4.79 Å². The summed E-state index contributed by atoms with van der Waals surface area (Å²) in [7, 11) is 0. The molecule has 1 aliphatic rings. The number of hydrogen-bond acceptors (Lipinski definition) is 2. The fourth-order valence-electron chi connectivity index (χ4n) is 3.80. The molecule has 0 bridgehead atoms. The van der Waals surface area contributed by atoms with Gasteiger partial charge in [-0.25, -0.2) is 4.79 Å². The van der Waals surface area contributed by atoms with Gasteiger partial charge in [-0.15, -0.1) is 0 Å². The third-order valence-corrected chi connectivity index (χ3v) is 5.48. The fraction of sp³-hybridized carbons (Fsp3) is 0.417. The molecule has 0 aromatic heterocycles. The lowest BCUT2D eigenvalue weighted by atomic mass is 9.89. The molecule has 2 aromatic carbocycles. The smallest absolute Gasteiger partial charge is 0.348 e. The van der Waals surface area contributed by atoms with E-state index in [-0.39, 0.29) is 30.4 Å². The standard InChI is InChI=1S/C24H28F3N3O2/c1-16(2)29-23(32)30-12-4-7-20(15-30)18-5-3-6-19(13-18)22(31)28-14-17-8-10-21(11-9-17)24(25,26)27/h3,5-6,8-11,13,16,20H,4,7,12,14-15H2,1-2H3,(H,28,31)(H,29,32). The number of hydrogen-bond donors (Lipinski definition) is 2. The molecule has 1 atom stereocenters. The molecule has 5 nitrogen and oxygen atoms in total. The van der Waals surface area contributed by atoms with Crippen LogP contribution in [0.4, 0.5) is 18.0 Å². The van der Waals surface area contributed by atoms with Crippen LogP contribution in [0.3, 0.4) is 0 Å². The average Bonchev–Trinajstić information content (AvgIpc) is 2.77. The minimum absolute atomic E-state index is 0.0690. The maximum absolute atomic E-state index is 12.7. The molecule has 1 unspecified atom stereocenters. The van der Waals surface area contributed by atoms with Crippen LogP contribution in [0.15, 0.2) is 48.5 Å². The van der Waals surface area contributed by atoms with Crippen LogP contribution in [0.5, 0.6) is 0 Å². The Labute approximate surface area is 186 Å². The number of carbonyl (C=O) groups excluding carboxylic acids is 2. The van der Waals surface area contributed by atoms with Gasteiger partial charge in [0.1, 0.15) is 0 Å². The Morgan fingerprint density at radius 2 is 1.84 bits per heavy atom. The Hall–Kier alpha value is -3.03. The van der Waals surface area contributed by atoms with Crippen LogP contribution in [-0.4, -0.2) is 36.0 Å². The maximum atomic E-state index is 12.7. The summed E-state index contributed by atoms with van der Waals surface area (Å²) in [6.45, 7) is 5.28. The predicted octanol–water partition coefficient (Wildman–Crippen LogP) is 4.93. The Balaban J connectivity index is 1.61. The van der Waals surface area contributed by atoms with E-state index in [1.165, 1.54) is 12.1 Å². The van der Waals surface area contributed by atoms with E-state index in [0.29, 0.717) is 24.2 Å². The Bertz CT molecular complexity index is 942. The highest BCUT2D eigenvalue weighted by Gasteiger charge is 2.30. The summed E-state index contributed by atoms with van der Waals surface area (Å²) in [6.07, 6.45) is -2.56. The van der Waals surface area contributed by atoms with E-state index in [1.54, 1.807) is 6.07 Å². The van der Waals surface area contributed by atoms with Gasteiger partial charge >= 0.3 is 12.2 Å². The topological polar surface area (TPSA) is 61.4 Å². The molecular formula is C24H28F3N3O2. The molecule has 0 saturated carbocycles. The first-order chi connectivity index (χ1) is 15.1. The molecule has 1 heterocycles. The van der Waals surface area contributed by atoms with Gasteiger partial charge in [0.25, 0.3) is 5.91 Å². The van der Waals surface area contributed by atoms with Crippen molar-refractivity contribution in [3.8, 4) is 0 Å².